The van der Waals surface area contributed by atoms with Crippen LogP contribution in [0.25, 0.3) is 22.3 Å². The molecule has 0 radical (unpaired) electrons. The second-order valence-electron chi connectivity index (χ2n) is 8.94. The van der Waals surface area contributed by atoms with E-state index in [0.717, 1.165) is 0 Å². The van der Waals surface area contributed by atoms with Crippen LogP contribution in [-0.4, -0.2) is 48.8 Å². The van der Waals surface area contributed by atoms with Crippen LogP contribution in [0.3, 0.4) is 0 Å². The smallest absolute Gasteiger partial charge is 0.396 e. The number of halogens is 4. The van der Waals surface area contributed by atoms with Crippen molar-refractivity contribution in [2.45, 2.75) is 25.7 Å². The molecule has 2 aromatic carbocycles. The van der Waals surface area contributed by atoms with Crippen LogP contribution >= 0.6 is 22.7 Å². The summed E-state index contributed by atoms with van der Waals surface area (Å²) in [4.78, 5) is 50.6. The minimum Gasteiger partial charge on any atom is -0.462 e. The maximum atomic E-state index is 15.1. The van der Waals surface area contributed by atoms with E-state index in [9.17, 15) is 19.2 Å². The summed E-state index contributed by atoms with van der Waals surface area (Å²) in [7, 11) is 0. The van der Waals surface area contributed by atoms with Crippen LogP contribution in [0.1, 0.15) is 34.6 Å². The number of amides is 2. The van der Waals surface area contributed by atoms with E-state index in [1.54, 1.807) is 71.3 Å². The van der Waals surface area contributed by atoms with Gasteiger partial charge in [-0.2, -0.15) is 17.6 Å². The van der Waals surface area contributed by atoms with Crippen molar-refractivity contribution >= 4 is 56.4 Å². The van der Waals surface area contributed by atoms with E-state index in [1.807, 2.05) is 0 Å². The topological polar surface area (TPSA) is 111 Å². The molecule has 0 bridgehead atoms. The third-order valence-corrected chi connectivity index (χ3v) is 7.92. The number of anilines is 2. The molecule has 0 atom stereocenters. The highest BCUT2D eigenvalue weighted by Gasteiger charge is 2.67. The first-order chi connectivity index (χ1) is 20.9. The lowest BCUT2D eigenvalue weighted by atomic mass is 10.0. The van der Waals surface area contributed by atoms with Crippen molar-refractivity contribution in [3.63, 3.8) is 0 Å². The summed E-state index contributed by atoms with van der Waals surface area (Å²) in [6.07, 6.45) is 0. The van der Waals surface area contributed by atoms with Crippen LogP contribution in [0.5, 0.6) is 0 Å². The fraction of sp³-hybridized carbons (Fsp3) is 0.200. The first-order valence-electron chi connectivity index (χ1n) is 13.0. The van der Waals surface area contributed by atoms with Gasteiger partial charge in [0.05, 0.1) is 13.2 Å². The highest BCUT2D eigenvalue weighted by Crippen LogP contribution is 2.42. The lowest BCUT2D eigenvalue weighted by Gasteiger charge is -2.24. The van der Waals surface area contributed by atoms with Gasteiger partial charge in [0.15, 0.2) is 0 Å². The Morgan fingerprint density at radius 2 is 0.977 bits per heavy atom. The average Bonchev–Trinajstić information content (AvgIpc) is 3.62. The normalized spacial score (nSPS) is 11.5. The van der Waals surface area contributed by atoms with Gasteiger partial charge in [0.25, 0.3) is 0 Å². The SMILES string of the molecule is CCOC(=O)c1c(-c2ccccc2)csc1NC(=O)C(F)(F)C(F)(F)C(=O)Nc1scc(-c2ccccc2)c1C(=O)OCC. The number of alkyl halides is 4. The van der Waals surface area contributed by atoms with E-state index in [0.29, 0.717) is 33.8 Å². The molecule has 8 nitrogen and oxygen atoms in total. The summed E-state index contributed by atoms with van der Waals surface area (Å²) in [6.45, 7) is 2.82. The second kappa shape index (κ2) is 13.4. The Kier molecular flexibility index (Phi) is 9.85. The molecule has 0 saturated heterocycles. The fourth-order valence-electron chi connectivity index (χ4n) is 4.02. The molecule has 0 fully saturated rings. The summed E-state index contributed by atoms with van der Waals surface area (Å²) >= 11 is 1.28. The molecule has 44 heavy (non-hydrogen) atoms. The number of nitrogens with one attached hydrogen (secondary N) is 2. The Labute approximate surface area is 256 Å². The average molecular weight is 649 g/mol. The molecule has 2 amide bonds. The van der Waals surface area contributed by atoms with E-state index in [1.165, 1.54) is 24.6 Å². The molecule has 4 aromatic rings. The van der Waals surface area contributed by atoms with Gasteiger partial charge in [-0.05, 0) is 25.0 Å². The molecule has 0 unspecified atom stereocenters. The van der Waals surface area contributed by atoms with Crippen LogP contribution in [0.4, 0.5) is 27.6 Å². The zero-order chi connectivity index (χ0) is 32.1. The highest BCUT2D eigenvalue weighted by atomic mass is 32.1. The standard InChI is InChI=1S/C30H24F4N2O6S2/c1-3-41-25(37)21-19(17-11-7-5-8-12-17)15-43-23(21)35-27(39)29(31,32)30(33,34)28(40)36-24-22(26(38)42-4-2)20(16-44-24)18-13-9-6-10-14-18/h5-16H,3-4H2,1-2H3,(H,35,39)(H,36,40). The van der Waals surface area contributed by atoms with Gasteiger partial charge in [-0.25, -0.2) is 9.59 Å². The van der Waals surface area contributed by atoms with Crippen molar-refractivity contribution in [1.29, 1.82) is 0 Å². The summed E-state index contributed by atoms with van der Waals surface area (Å²) < 4.78 is 70.3. The predicted octanol–water partition coefficient (Wildman–Crippen LogP) is 7.34. The number of thiophene rings is 2. The zero-order valence-corrected chi connectivity index (χ0v) is 24.8. The van der Waals surface area contributed by atoms with Gasteiger partial charge in [-0.3, -0.25) is 9.59 Å². The molecule has 4 rings (SSSR count). The molecule has 2 aromatic heterocycles. The molecule has 0 saturated carbocycles. The predicted molar refractivity (Wildman–Crippen MR) is 159 cm³/mol. The molecular formula is C30H24F4N2O6S2. The zero-order valence-electron chi connectivity index (χ0n) is 23.1. The van der Waals surface area contributed by atoms with Crippen molar-refractivity contribution < 1.29 is 46.2 Å². The third kappa shape index (κ3) is 6.36. The maximum absolute atomic E-state index is 15.1. The monoisotopic (exact) mass is 648 g/mol. The van der Waals surface area contributed by atoms with E-state index in [4.69, 9.17) is 9.47 Å². The van der Waals surface area contributed by atoms with Gasteiger partial charge < -0.3 is 20.1 Å². The van der Waals surface area contributed by atoms with E-state index in [2.05, 4.69) is 0 Å². The summed E-state index contributed by atoms with van der Waals surface area (Å²) in [5.41, 5.74) is 0.766. The summed E-state index contributed by atoms with van der Waals surface area (Å²) in [5, 5.41) is 5.15. The van der Waals surface area contributed by atoms with Crippen LogP contribution in [0.15, 0.2) is 71.4 Å². The number of hydrogen-bond donors (Lipinski definition) is 2. The minimum atomic E-state index is -5.59. The maximum Gasteiger partial charge on any atom is 0.396 e. The lowest BCUT2D eigenvalue weighted by molar-refractivity contribution is -0.204. The van der Waals surface area contributed by atoms with Gasteiger partial charge in [0, 0.05) is 21.9 Å². The Morgan fingerprint density at radius 1 is 0.636 bits per heavy atom. The largest absolute Gasteiger partial charge is 0.462 e. The number of esters is 2. The molecule has 2 N–H and O–H groups in total. The summed E-state index contributed by atoms with van der Waals surface area (Å²) in [5.74, 6) is -18.2. The first-order valence-corrected chi connectivity index (χ1v) is 14.8. The molecule has 0 aliphatic rings. The second-order valence-corrected chi connectivity index (χ2v) is 10.7. The number of rotatable bonds is 11. The highest BCUT2D eigenvalue weighted by molar-refractivity contribution is 7.15. The summed E-state index contributed by atoms with van der Waals surface area (Å²) in [6, 6.07) is 16.4. The number of ether oxygens (including phenoxy) is 2. The van der Waals surface area contributed by atoms with Crippen molar-refractivity contribution in [2.24, 2.45) is 0 Å². The van der Waals surface area contributed by atoms with Crippen molar-refractivity contribution in [2.75, 3.05) is 23.8 Å². The van der Waals surface area contributed by atoms with Gasteiger partial charge in [-0.1, -0.05) is 60.7 Å². The van der Waals surface area contributed by atoms with Gasteiger partial charge in [0.1, 0.15) is 21.1 Å². The van der Waals surface area contributed by atoms with Crippen LogP contribution < -0.4 is 10.6 Å². The van der Waals surface area contributed by atoms with Crippen molar-refractivity contribution in [1.82, 2.24) is 0 Å². The first kappa shape index (κ1) is 32.4. The minimum absolute atomic E-state index is 0.0901. The van der Waals surface area contributed by atoms with Gasteiger partial charge in [-0.15, -0.1) is 22.7 Å². The molecule has 2 heterocycles. The number of benzene rings is 2. The Bertz CT molecular complexity index is 1550. The Balaban J connectivity index is 1.62. The van der Waals surface area contributed by atoms with Crippen LogP contribution in [0.2, 0.25) is 0 Å². The van der Waals surface area contributed by atoms with E-state index >= 15 is 17.6 Å². The Morgan fingerprint density at radius 3 is 1.30 bits per heavy atom. The van der Waals surface area contributed by atoms with Gasteiger partial charge >= 0.3 is 35.6 Å². The van der Waals surface area contributed by atoms with Crippen LogP contribution in [0, 0.1) is 0 Å². The number of carbonyl (C=O) groups excluding carboxylic acids is 4. The lowest BCUT2D eigenvalue weighted by Crippen LogP contribution is -2.56. The molecule has 14 heteroatoms. The third-order valence-electron chi connectivity index (χ3n) is 6.13. The van der Waals surface area contributed by atoms with Crippen LogP contribution in [-0.2, 0) is 19.1 Å². The Hall–Kier alpha value is -4.56. The molecular weight excluding hydrogens is 624 g/mol. The van der Waals surface area contributed by atoms with Crippen molar-refractivity contribution in [3.05, 3.63) is 82.6 Å². The number of carbonyl (C=O) groups is 4. The van der Waals surface area contributed by atoms with E-state index in [-0.39, 0.29) is 35.5 Å². The van der Waals surface area contributed by atoms with Crippen molar-refractivity contribution in [3.8, 4) is 22.3 Å². The van der Waals surface area contributed by atoms with E-state index < -0.39 is 45.6 Å². The molecule has 0 aliphatic carbocycles. The fourth-order valence-corrected chi connectivity index (χ4v) is 5.93. The molecule has 0 aliphatic heterocycles. The number of hydrogen-bond acceptors (Lipinski definition) is 8. The molecule has 0 spiro atoms. The van der Waals surface area contributed by atoms with Gasteiger partial charge in [0.2, 0.25) is 0 Å². The molecule has 230 valence electrons. The quantitative estimate of drug-likeness (QED) is 0.130.